The molecular formula is C33H29F8N7O2. The van der Waals surface area contributed by atoms with Crippen LogP contribution in [0.2, 0.25) is 0 Å². The number of nitrogens with zero attached hydrogens (tertiary/aromatic N) is 5. The van der Waals surface area contributed by atoms with Gasteiger partial charge in [-0.25, -0.2) is 18.7 Å². The van der Waals surface area contributed by atoms with Gasteiger partial charge < -0.3 is 15.5 Å². The van der Waals surface area contributed by atoms with E-state index < -0.39 is 59.5 Å². The minimum Gasteiger partial charge on any atom is -0.365 e. The van der Waals surface area contributed by atoms with Gasteiger partial charge in [0.15, 0.2) is 0 Å². The molecule has 0 saturated carbocycles. The molecule has 0 atom stereocenters. The summed E-state index contributed by atoms with van der Waals surface area (Å²) >= 11 is 0. The van der Waals surface area contributed by atoms with E-state index in [1.807, 2.05) is 0 Å². The van der Waals surface area contributed by atoms with E-state index in [4.69, 9.17) is 0 Å². The van der Waals surface area contributed by atoms with Crippen molar-refractivity contribution in [1.29, 1.82) is 0 Å². The van der Waals surface area contributed by atoms with Gasteiger partial charge >= 0.3 is 12.4 Å². The zero-order valence-corrected chi connectivity index (χ0v) is 26.3. The Hall–Kier alpha value is -5.22. The van der Waals surface area contributed by atoms with E-state index in [9.17, 15) is 44.7 Å². The summed E-state index contributed by atoms with van der Waals surface area (Å²) in [6, 6.07) is 7.57. The lowest BCUT2D eigenvalue weighted by Crippen LogP contribution is -2.39. The van der Waals surface area contributed by atoms with Gasteiger partial charge in [0.2, 0.25) is 5.91 Å². The second kappa shape index (κ2) is 14.7. The van der Waals surface area contributed by atoms with Gasteiger partial charge in [-0.1, -0.05) is 6.07 Å². The second-order valence-corrected chi connectivity index (χ2v) is 11.5. The van der Waals surface area contributed by atoms with Crippen LogP contribution in [-0.2, 0) is 36.7 Å². The number of piperidine rings is 1. The first-order valence-electron chi connectivity index (χ1n) is 15.3. The summed E-state index contributed by atoms with van der Waals surface area (Å²) in [5.41, 5.74) is -2.19. The molecule has 3 aromatic heterocycles. The van der Waals surface area contributed by atoms with Gasteiger partial charge in [-0.2, -0.15) is 26.3 Å². The standard InChI is InChI=1S/C33H29F8N7O2/c1-18-46-29(21-7-11-48(12-8-21)27(49)15-22-23(34)3-2-4-24(22)35)28(31(50)45-17-20-6-10-43-26(14-20)33(39,40)41)30(47-18)44-16-19-5-9-42-25(13-19)32(36,37)38/h2-6,9-10,13-14,21H,7-8,11-12,15-17H2,1H3,(H,45,50)(H,44,46,47). The Labute approximate surface area is 280 Å². The van der Waals surface area contributed by atoms with Crippen LogP contribution in [0.5, 0.6) is 0 Å². The molecule has 2 amide bonds. The minimum atomic E-state index is -4.71. The lowest BCUT2D eigenvalue weighted by molar-refractivity contribution is -0.142. The smallest absolute Gasteiger partial charge is 0.365 e. The van der Waals surface area contributed by atoms with Crippen LogP contribution in [0.15, 0.2) is 54.9 Å². The number of likely N-dealkylation sites (tertiary alicyclic amines) is 1. The van der Waals surface area contributed by atoms with Crippen LogP contribution in [0.3, 0.4) is 0 Å². The zero-order valence-electron chi connectivity index (χ0n) is 26.3. The molecule has 50 heavy (non-hydrogen) atoms. The largest absolute Gasteiger partial charge is 0.433 e. The molecular weight excluding hydrogens is 678 g/mol. The summed E-state index contributed by atoms with van der Waals surface area (Å²) in [4.78, 5) is 43.7. The number of benzene rings is 1. The number of hydrogen-bond donors (Lipinski definition) is 2. The van der Waals surface area contributed by atoms with Gasteiger partial charge in [0, 0.05) is 50.1 Å². The topological polar surface area (TPSA) is 113 Å². The maximum atomic E-state index is 14.2. The van der Waals surface area contributed by atoms with Crippen LogP contribution in [0.4, 0.5) is 40.9 Å². The van der Waals surface area contributed by atoms with Crippen molar-refractivity contribution in [2.24, 2.45) is 0 Å². The normalized spacial score (nSPS) is 14.1. The number of alkyl halides is 6. The number of halogens is 8. The van der Waals surface area contributed by atoms with Crippen LogP contribution >= 0.6 is 0 Å². The highest BCUT2D eigenvalue weighted by Gasteiger charge is 2.34. The van der Waals surface area contributed by atoms with Crippen LogP contribution in [0.25, 0.3) is 0 Å². The van der Waals surface area contributed by atoms with Gasteiger partial charge in [0.1, 0.15) is 40.2 Å². The Balaban J connectivity index is 1.40. The molecule has 2 N–H and O–H groups in total. The van der Waals surface area contributed by atoms with Crippen LogP contribution in [0.1, 0.15) is 68.7 Å². The summed E-state index contributed by atoms with van der Waals surface area (Å²) in [7, 11) is 0. The molecule has 0 aliphatic carbocycles. The summed E-state index contributed by atoms with van der Waals surface area (Å²) < 4.78 is 108. The number of aromatic nitrogens is 4. The highest BCUT2D eigenvalue weighted by molar-refractivity contribution is 6.00. The van der Waals surface area contributed by atoms with Gasteiger partial charge in [-0.05, 0) is 67.3 Å². The molecule has 0 unspecified atom stereocenters. The first kappa shape index (κ1) is 36.1. The van der Waals surface area contributed by atoms with Crippen molar-refractivity contribution in [3.05, 3.63) is 112 Å². The fraction of sp³-hybridized carbons (Fsp3) is 0.333. The third-order valence-corrected chi connectivity index (χ3v) is 8.04. The molecule has 1 aliphatic heterocycles. The lowest BCUT2D eigenvalue weighted by atomic mass is 9.89. The molecule has 1 aromatic carbocycles. The molecule has 9 nitrogen and oxygen atoms in total. The van der Waals surface area contributed by atoms with Gasteiger partial charge in [-0.15, -0.1) is 0 Å². The number of pyridine rings is 2. The van der Waals surface area contributed by atoms with Crippen molar-refractivity contribution in [2.45, 2.75) is 57.5 Å². The summed E-state index contributed by atoms with van der Waals surface area (Å²) in [6.45, 7) is 1.31. The Kier molecular flexibility index (Phi) is 10.6. The van der Waals surface area contributed by atoms with E-state index in [2.05, 4.69) is 30.6 Å². The van der Waals surface area contributed by atoms with Gasteiger partial charge in [0.05, 0.1) is 12.1 Å². The van der Waals surface area contributed by atoms with Crippen molar-refractivity contribution >= 4 is 17.6 Å². The van der Waals surface area contributed by atoms with Crippen LogP contribution in [0, 0.1) is 18.6 Å². The highest BCUT2D eigenvalue weighted by atomic mass is 19.4. The number of carbonyl (C=O) groups excluding carboxylic acids is 2. The number of carbonyl (C=O) groups is 2. The first-order valence-corrected chi connectivity index (χ1v) is 15.3. The Morgan fingerprint density at radius 3 is 1.96 bits per heavy atom. The van der Waals surface area contributed by atoms with Crippen LogP contribution < -0.4 is 10.6 Å². The molecule has 5 rings (SSSR count). The third-order valence-electron chi connectivity index (χ3n) is 8.04. The molecule has 0 radical (unpaired) electrons. The zero-order chi connectivity index (χ0) is 36.2. The van der Waals surface area contributed by atoms with Gasteiger partial charge in [-0.3, -0.25) is 19.6 Å². The average molecular weight is 708 g/mol. The molecule has 0 spiro atoms. The number of aryl methyl sites for hydroxylation is 1. The molecule has 264 valence electrons. The number of anilines is 1. The predicted molar refractivity (Wildman–Crippen MR) is 162 cm³/mol. The predicted octanol–water partition coefficient (Wildman–Crippen LogP) is 6.38. The van der Waals surface area contributed by atoms with Crippen molar-refractivity contribution in [3.8, 4) is 0 Å². The Bertz CT molecular complexity index is 1860. The van der Waals surface area contributed by atoms with E-state index in [1.165, 1.54) is 23.1 Å². The lowest BCUT2D eigenvalue weighted by Gasteiger charge is -2.33. The Morgan fingerprint density at radius 1 is 0.840 bits per heavy atom. The molecule has 4 heterocycles. The second-order valence-electron chi connectivity index (χ2n) is 11.5. The number of hydrogen-bond acceptors (Lipinski definition) is 7. The van der Waals surface area contributed by atoms with E-state index >= 15 is 0 Å². The maximum absolute atomic E-state index is 14.2. The van der Waals surface area contributed by atoms with Crippen molar-refractivity contribution in [2.75, 3.05) is 18.4 Å². The highest BCUT2D eigenvalue weighted by Crippen LogP contribution is 2.33. The van der Waals surface area contributed by atoms with Crippen molar-refractivity contribution in [3.63, 3.8) is 0 Å². The van der Waals surface area contributed by atoms with Crippen molar-refractivity contribution < 1.29 is 44.7 Å². The fourth-order valence-corrected chi connectivity index (χ4v) is 5.54. The van der Waals surface area contributed by atoms with Gasteiger partial charge in [0.25, 0.3) is 5.91 Å². The fourth-order valence-electron chi connectivity index (χ4n) is 5.54. The summed E-state index contributed by atoms with van der Waals surface area (Å²) in [6.07, 6.45) is -7.40. The quantitative estimate of drug-likeness (QED) is 0.194. The maximum Gasteiger partial charge on any atom is 0.433 e. The number of nitrogens with one attached hydrogen (secondary N) is 2. The van der Waals surface area contributed by atoms with Crippen LogP contribution in [-0.4, -0.2) is 49.7 Å². The SMILES string of the molecule is Cc1nc(NCc2ccnc(C(F)(F)F)c2)c(C(=O)NCc2ccnc(C(F)(F)F)c2)c(C2CCN(C(=O)Cc3c(F)cccc3F)CC2)n1. The number of amides is 2. The monoisotopic (exact) mass is 707 g/mol. The van der Waals surface area contributed by atoms with E-state index in [0.717, 1.165) is 36.7 Å². The molecule has 1 aliphatic rings. The number of rotatable bonds is 9. The molecule has 1 fully saturated rings. The molecule has 0 bridgehead atoms. The minimum absolute atomic E-state index is 0.0328. The Morgan fingerprint density at radius 2 is 1.40 bits per heavy atom. The van der Waals surface area contributed by atoms with E-state index in [1.54, 1.807) is 6.92 Å². The van der Waals surface area contributed by atoms with E-state index in [0.29, 0.717) is 0 Å². The molecule has 17 heteroatoms. The first-order chi connectivity index (χ1) is 23.6. The average Bonchev–Trinajstić information content (AvgIpc) is 3.07. The summed E-state index contributed by atoms with van der Waals surface area (Å²) in [5, 5.41) is 5.48. The summed E-state index contributed by atoms with van der Waals surface area (Å²) in [5.74, 6) is -3.23. The molecule has 4 aromatic rings. The third kappa shape index (κ3) is 8.67. The van der Waals surface area contributed by atoms with E-state index in [-0.39, 0.29) is 78.6 Å². The molecule has 1 saturated heterocycles. The van der Waals surface area contributed by atoms with Crippen molar-refractivity contribution in [1.82, 2.24) is 30.2 Å².